The van der Waals surface area contributed by atoms with E-state index in [-0.39, 0.29) is 5.82 Å². The first-order chi connectivity index (χ1) is 17.2. The van der Waals surface area contributed by atoms with Crippen LogP contribution in [0.25, 0.3) is 28.6 Å². The van der Waals surface area contributed by atoms with Crippen LogP contribution in [0.1, 0.15) is 23.2 Å². The number of benzene rings is 3. The zero-order valence-corrected chi connectivity index (χ0v) is 19.5. The van der Waals surface area contributed by atoms with E-state index in [1.807, 2.05) is 40.9 Å². The number of allylic oxidation sites excluding steroid dienone is 1. The van der Waals surface area contributed by atoms with E-state index in [0.29, 0.717) is 22.0 Å². The molecule has 2 N–H and O–H groups in total. The third-order valence-corrected chi connectivity index (χ3v) is 6.34. The molecule has 0 radical (unpaired) electrons. The molecule has 0 amide bonds. The Morgan fingerprint density at radius 2 is 1.57 bits per heavy atom. The lowest BCUT2D eigenvalue weighted by molar-refractivity contribution is 0.928. The standard InChI is InChI=1S/C28H21ClN6/c29-21-12-14-22(15-13-21)32-33-25-27(30)34-35-26(19-9-5-2-6-10-19)23-16-11-20(24(23)31-28(25)35)17-18-7-3-1-4-8-18/h1-10,12-15,17H,11,16H2,(H2,30,34)/b20-17-,33-32?. The Labute approximate surface area is 207 Å². The Morgan fingerprint density at radius 1 is 0.857 bits per heavy atom. The van der Waals surface area contributed by atoms with Crippen molar-refractivity contribution in [1.82, 2.24) is 14.6 Å². The average molecular weight is 477 g/mol. The monoisotopic (exact) mass is 476 g/mol. The first kappa shape index (κ1) is 21.3. The summed E-state index contributed by atoms with van der Waals surface area (Å²) < 4.78 is 1.81. The highest BCUT2D eigenvalue weighted by atomic mass is 35.5. The molecule has 0 aliphatic heterocycles. The third-order valence-electron chi connectivity index (χ3n) is 6.09. The van der Waals surface area contributed by atoms with E-state index < -0.39 is 0 Å². The number of halogens is 1. The van der Waals surface area contributed by atoms with Gasteiger partial charge in [0.1, 0.15) is 0 Å². The lowest BCUT2D eigenvalue weighted by Gasteiger charge is -2.11. The smallest absolute Gasteiger partial charge is 0.186 e. The van der Waals surface area contributed by atoms with Gasteiger partial charge in [0.25, 0.3) is 0 Å². The minimum atomic E-state index is 0.282. The maximum atomic E-state index is 6.34. The molecule has 0 saturated carbocycles. The van der Waals surface area contributed by atoms with Crippen LogP contribution < -0.4 is 5.73 Å². The van der Waals surface area contributed by atoms with E-state index in [9.17, 15) is 0 Å². The fourth-order valence-corrected chi connectivity index (χ4v) is 4.59. The molecule has 35 heavy (non-hydrogen) atoms. The van der Waals surface area contributed by atoms with Crippen molar-refractivity contribution in [2.45, 2.75) is 12.8 Å². The van der Waals surface area contributed by atoms with Crippen LogP contribution in [0.5, 0.6) is 0 Å². The molecule has 0 unspecified atom stereocenters. The second kappa shape index (κ2) is 8.81. The summed E-state index contributed by atoms with van der Waals surface area (Å²) in [5.41, 5.74) is 14.5. The summed E-state index contributed by atoms with van der Waals surface area (Å²) in [5.74, 6) is 0.282. The topological polar surface area (TPSA) is 80.9 Å². The van der Waals surface area contributed by atoms with Crippen LogP contribution >= 0.6 is 11.6 Å². The molecule has 170 valence electrons. The summed E-state index contributed by atoms with van der Waals surface area (Å²) in [6, 6.07) is 27.7. The van der Waals surface area contributed by atoms with E-state index in [2.05, 4.69) is 45.7 Å². The summed E-state index contributed by atoms with van der Waals surface area (Å²) in [7, 11) is 0. The second-order valence-corrected chi connectivity index (χ2v) is 8.82. The molecule has 2 aromatic heterocycles. The summed E-state index contributed by atoms with van der Waals surface area (Å²) in [6.07, 6.45) is 3.99. The van der Waals surface area contributed by atoms with Gasteiger partial charge in [0.05, 0.1) is 17.1 Å². The van der Waals surface area contributed by atoms with Crippen LogP contribution in [0.2, 0.25) is 5.02 Å². The molecule has 0 spiro atoms. The number of azo groups is 1. The van der Waals surface area contributed by atoms with E-state index in [4.69, 9.17) is 22.3 Å². The number of nitrogen functional groups attached to an aromatic ring is 1. The highest BCUT2D eigenvalue weighted by Crippen LogP contribution is 2.41. The molecule has 2 heterocycles. The average Bonchev–Trinajstić information content (AvgIpc) is 3.43. The first-order valence-corrected chi connectivity index (χ1v) is 11.7. The Kier molecular flexibility index (Phi) is 5.35. The zero-order chi connectivity index (χ0) is 23.8. The Morgan fingerprint density at radius 3 is 2.31 bits per heavy atom. The van der Waals surface area contributed by atoms with Crippen molar-refractivity contribution in [3.8, 4) is 11.3 Å². The van der Waals surface area contributed by atoms with Crippen LogP contribution in [0, 0.1) is 0 Å². The van der Waals surface area contributed by atoms with Gasteiger partial charge in [0, 0.05) is 16.1 Å². The summed E-state index contributed by atoms with van der Waals surface area (Å²) in [5, 5.41) is 14.1. The number of anilines is 1. The van der Waals surface area contributed by atoms with E-state index in [1.54, 1.807) is 24.3 Å². The van der Waals surface area contributed by atoms with Gasteiger partial charge in [0.15, 0.2) is 17.2 Å². The number of hydrogen-bond donors (Lipinski definition) is 1. The molecule has 3 aromatic carbocycles. The summed E-state index contributed by atoms with van der Waals surface area (Å²) in [6.45, 7) is 0. The van der Waals surface area contributed by atoms with Gasteiger partial charge in [-0.15, -0.1) is 10.2 Å². The van der Waals surface area contributed by atoms with Crippen LogP contribution in [0.4, 0.5) is 17.2 Å². The van der Waals surface area contributed by atoms with Crippen molar-refractivity contribution < 1.29 is 0 Å². The van der Waals surface area contributed by atoms with Crippen molar-refractivity contribution in [2.24, 2.45) is 10.2 Å². The van der Waals surface area contributed by atoms with Gasteiger partial charge in [-0.3, -0.25) is 0 Å². The van der Waals surface area contributed by atoms with Crippen molar-refractivity contribution in [3.05, 3.63) is 107 Å². The Bertz CT molecular complexity index is 1590. The molecule has 5 aromatic rings. The van der Waals surface area contributed by atoms with E-state index >= 15 is 0 Å². The zero-order valence-electron chi connectivity index (χ0n) is 18.8. The number of rotatable bonds is 4. The molecule has 0 saturated heterocycles. The highest BCUT2D eigenvalue weighted by molar-refractivity contribution is 6.30. The number of fused-ring (bicyclic) bond motifs is 2. The van der Waals surface area contributed by atoms with Gasteiger partial charge in [-0.2, -0.15) is 5.11 Å². The number of nitrogens with zero attached hydrogens (tertiary/aromatic N) is 5. The molecular formula is C28H21ClN6. The van der Waals surface area contributed by atoms with Gasteiger partial charge in [-0.05, 0) is 54.3 Å². The normalized spacial score (nSPS) is 14.3. The molecule has 0 fully saturated rings. The molecule has 6 nitrogen and oxygen atoms in total. The first-order valence-electron chi connectivity index (χ1n) is 11.4. The highest BCUT2D eigenvalue weighted by Gasteiger charge is 2.27. The van der Waals surface area contributed by atoms with Crippen molar-refractivity contribution in [2.75, 3.05) is 5.73 Å². The molecule has 0 bridgehead atoms. The minimum Gasteiger partial charge on any atom is -0.380 e. The molecule has 7 heteroatoms. The Balaban J connectivity index is 1.57. The number of nitrogens with two attached hydrogens (primary N) is 1. The lowest BCUT2D eigenvalue weighted by atomic mass is 10.0. The summed E-state index contributed by atoms with van der Waals surface area (Å²) >= 11 is 6.00. The van der Waals surface area contributed by atoms with Crippen molar-refractivity contribution in [1.29, 1.82) is 0 Å². The largest absolute Gasteiger partial charge is 0.380 e. The quantitative estimate of drug-likeness (QED) is 0.272. The van der Waals surface area contributed by atoms with Gasteiger partial charge >= 0.3 is 0 Å². The molecule has 1 aliphatic rings. The fourth-order valence-electron chi connectivity index (χ4n) is 4.46. The minimum absolute atomic E-state index is 0.282. The van der Waals surface area contributed by atoms with E-state index in [0.717, 1.165) is 40.9 Å². The maximum absolute atomic E-state index is 6.34. The number of aromatic nitrogens is 3. The van der Waals surface area contributed by atoms with Gasteiger partial charge in [0.2, 0.25) is 0 Å². The summed E-state index contributed by atoms with van der Waals surface area (Å²) in [4.78, 5) is 5.04. The predicted octanol–water partition coefficient (Wildman–Crippen LogP) is 7.53. The van der Waals surface area contributed by atoms with E-state index in [1.165, 1.54) is 5.57 Å². The van der Waals surface area contributed by atoms with Crippen molar-refractivity contribution >= 4 is 46.1 Å². The Hall–Kier alpha value is -4.29. The van der Waals surface area contributed by atoms with Crippen LogP contribution in [-0.2, 0) is 6.42 Å². The maximum Gasteiger partial charge on any atom is 0.186 e. The van der Waals surface area contributed by atoms with Crippen LogP contribution in [0.3, 0.4) is 0 Å². The molecule has 6 rings (SSSR count). The van der Waals surface area contributed by atoms with Crippen LogP contribution in [0.15, 0.2) is 95.2 Å². The van der Waals surface area contributed by atoms with Crippen molar-refractivity contribution in [3.63, 3.8) is 0 Å². The van der Waals surface area contributed by atoms with Gasteiger partial charge in [-0.25, -0.2) is 9.50 Å². The second-order valence-electron chi connectivity index (χ2n) is 8.38. The molecule has 0 atom stereocenters. The molecule has 1 aliphatic carbocycles. The third kappa shape index (κ3) is 3.98. The number of hydrogen-bond acceptors (Lipinski definition) is 5. The van der Waals surface area contributed by atoms with Gasteiger partial charge < -0.3 is 5.73 Å². The fraction of sp³-hybridized carbons (Fsp3) is 0.0714. The predicted molar refractivity (Wildman–Crippen MR) is 141 cm³/mol. The SMILES string of the molecule is Nc1nn2c(-c3ccccc3)c3c(nc2c1N=Nc1ccc(Cl)cc1)/C(=C\c1ccccc1)CC3. The lowest BCUT2D eigenvalue weighted by Crippen LogP contribution is -2.03. The molecular weight excluding hydrogens is 456 g/mol. The van der Waals surface area contributed by atoms with Gasteiger partial charge in [-0.1, -0.05) is 72.3 Å². The van der Waals surface area contributed by atoms with Crippen LogP contribution in [-0.4, -0.2) is 14.6 Å².